The van der Waals surface area contributed by atoms with E-state index >= 15 is 0 Å². The lowest BCUT2D eigenvalue weighted by Crippen LogP contribution is -2.49. The van der Waals surface area contributed by atoms with Crippen molar-refractivity contribution in [1.82, 2.24) is 14.9 Å². The summed E-state index contributed by atoms with van der Waals surface area (Å²) in [6, 6.07) is 7.79. The second-order valence-electron chi connectivity index (χ2n) is 6.78. The van der Waals surface area contributed by atoms with E-state index in [4.69, 9.17) is 4.74 Å². The van der Waals surface area contributed by atoms with Crippen molar-refractivity contribution in [3.63, 3.8) is 0 Å². The van der Waals surface area contributed by atoms with Crippen LogP contribution in [0.1, 0.15) is 18.4 Å². The van der Waals surface area contributed by atoms with Crippen molar-refractivity contribution in [3.05, 3.63) is 29.8 Å². The van der Waals surface area contributed by atoms with Crippen LogP contribution in [0.2, 0.25) is 0 Å². The van der Waals surface area contributed by atoms with Gasteiger partial charge in [-0.1, -0.05) is 18.2 Å². The Morgan fingerprint density at radius 1 is 1.28 bits per heavy atom. The minimum absolute atomic E-state index is 0.0151. The molecule has 2 aliphatic heterocycles. The molecule has 0 aromatic heterocycles. The number of amides is 2. The van der Waals surface area contributed by atoms with Crippen molar-refractivity contribution in [1.29, 1.82) is 0 Å². The number of piperidine rings is 1. The molecular formula is C17H25N3O4S. The lowest BCUT2D eigenvalue weighted by atomic mass is 9.97. The topological polar surface area (TPSA) is 87.7 Å². The molecule has 2 amide bonds. The van der Waals surface area contributed by atoms with Gasteiger partial charge in [0.25, 0.3) is 0 Å². The maximum absolute atomic E-state index is 12.1. The number of hydrogen-bond acceptors (Lipinski definition) is 4. The van der Waals surface area contributed by atoms with Gasteiger partial charge in [0, 0.05) is 31.6 Å². The van der Waals surface area contributed by atoms with Crippen molar-refractivity contribution >= 4 is 16.1 Å². The highest BCUT2D eigenvalue weighted by molar-refractivity contribution is 7.88. The predicted molar refractivity (Wildman–Crippen MR) is 95.1 cm³/mol. The number of urea groups is 1. The summed E-state index contributed by atoms with van der Waals surface area (Å²) in [6.07, 6.45) is 3.39. The van der Waals surface area contributed by atoms with Crippen LogP contribution in [0.4, 0.5) is 4.79 Å². The van der Waals surface area contributed by atoms with Gasteiger partial charge in [0.15, 0.2) is 0 Å². The molecule has 1 unspecified atom stereocenters. The number of sulfonamides is 1. The van der Waals surface area contributed by atoms with Crippen molar-refractivity contribution in [2.24, 2.45) is 5.92 Å². The van der Waals surface area contributed by atoms with Gasteiger partial charge in [0.05, 0.1) is 12.9 Å². The number of fused-ring (bicyclic) bond motifs is 1. The monoisotopic (exact) mass is 367 g/mol. The van der Waals surface area contributed by atoms with E-state index in [1.54, 1.807) is 0 Å². The number of hydrogen-bond donors (Lipinski definition) is 2. The van der Waals surface area contributed by atoms with Crippen molar-refractivity contribution < 1.29 is 17.9 Å². The van der Waals surface area contributed by atoms with Crippen molar-refractivity contribution in [2.75, 3.05) is 32.5 Å². The van der Waals surface area contributed by atoms with Crippen molar-refractivity contribution in [3.8, 4) is 5.75 Å². The summed E-state index contributed by atoms with van der Waals surface area (Å²) in [6.45, 7) is 2.07. The van der Waals surface area contributed by atoms with Gasteiger partial charge in [-0.2, -0.15) is 0 Å². The van der Waals surface area contributed by atoms with E-state index in [1.165, 1.54) is 16.1 Å². The second-order valence-corrected chi connectivity index (χ2v) is 8.76. The number of para-hydroxylation sites is 1. The molecule has 3 rings (SSSR count). The zero-order valence-electron chi connectivity index (χ0n) is 14.4. The molecule has 0 spiro atoms. The first-order valence-electron chi connectivity index (χ1n) is 8.62. The van der Waals surface area contributed by atoms with E-state index in [-0.39, 0.29) is 18.0 Å². The van der Waals surface area contributed by atoms with Crippen LogP contribution in [0.5, 0.6) is 5.75 Å². The molecule has 2 heterocycles. The zero-order chi connectivity index (χ0) is 17.9. The first-order chi connectivity index (χ1) is 11.9. The maximum Gasteiger partial charge on any atom is 0.315 e. The van der Waals surface area contributed by atoms with Crippen LogP contribution in [0, 0.1) is 5.92 Å². The Kier molecular flexibility index (Phi) is 5.48. The Morgan fingerprint density at radius 2 is 2.00 bits per heavy atom. The van der Waals surface area contributed by atoms with E-state index in [1.807, 2.05) is 18.2 Å². The summed E-state index contributed by atoms with van der Waals surface area (Å²) in [5, 5.41) is 5.85. The normalized spacial score (nSPS) is 21.9. The van der Waals surface area contributed by atoms with E-state index in [0.717, 1.165) is 12.2 Å². The molecule has 0 aliphatic carbocycles. The first-order valence-corrected chi connectivity index (χ1v) is 10.5. The summed E-state index contributed by atoms with van der Waals surface area (Å²) in [5.74, 6) is 1.19. The van der Waals surface area contributed by atoms with E-state index in [0.29, 0.717) is 39.1 Å². The lowest BCUT2D eigenvalue weighted by molar-refractivity contribution is 0.207. The molecule has 0 bridgehead atoms. The maximum atomic E-state index is 12.1. The predicted octanol–water partition coefficient (Wildman–Crippen LogP) is 0.961. The van der Waals surface area contributed by atoms with Gasteiger partial charge in [-0.05, 0) is 30.9 Å². The third-order valence-corrected chi connectivity index (χ3v) is 6.07. The highest BCUT2D eigenvalue weighted by Gasteiger charge is 2.26. The number of nitrogens with zero attached hydrogens (tertiary/aromatic N) is 1. The SMILES string of the molecule is CS(=O)(=O)N1CCC(NC(=O)NCC2COc3ccccc3C2)CC1. The fourth-order valence-electron chi connectivity index (χ4n) is 3.33. The largest absolute Gasteiger partial charge is 0.493 e. The average Bonchev–Trinajstić information content (AvgIpc) is 2.59. The molecular weight excluding hydrogens is 342 g/mol. The molecule has 2 N–H and O–H groups in total. The van der Waals surface area contributed by atoms with Gasteiger partial charge in [-0.15, -0.1) is 0 Å². The van der Waals surface area contributed by atoms with Crippen LogP contribution in [-0.2, 0) is 16.4 Å². The van der Waals surface area contributed by atoms with Gasteiger partial charge in [0.1, 0.15) is 5.75 Å². The summed E-state index contributed by atoms with van der Waals surface area (Å²) < 4.78 is 30.2. The van der Waals surface area contributed by atoms with E-state index in [2.05, 4.69) is 16.7 Å². The fourth-order valence-corrected chi connectivity index (χ4v) is 4.20. The Morgan fingerprint density at radius 3 is 2.72 bits per heavy atom. The Labute approximate surface area is 148 Å². The average molecular weight is 367 g/mol. The van der Waals surface area contributed by atoms with Crippen LogP contribution in [0.25, 0.3) is 0 Å². The minimum atomic E-state index is -3.14. The van der Waals surface area contributed by atoms with Crippen LogP contribution < -0.4 is 15.4 Å². The fraction of sp³-hybridized carbons (Fsp3) is 0.588. The summed E-state index contributed by atoms with van der Waals surface area (Å²) in [5.41, 5.74) is 1.18. The molecule has 1 fully saturated rings. The molecule has 1 atom stereocenters. The number of carbonyl (C=O) groups excluding carboxylic acids is 1. The van der Waals surface area contributed by atoms with E-state index in [9.17, 15) is 13.2 Å². The lowest BCUT2D eigenvalue weighted by Gasteiger charge is -2.31. The molecule has 7 nitrogen and oxygen atoms in total. The number of nitrogens with one attached hydrogen (secondary N) is 2. The third kappa shape index (κ3) is 4.85. The third-order valence-electron chi connectivity index (χ3n) is 4.77. The van der Waals surface area contributed by atoms with Gasteiger partial charge < -0.3 is 15.4 Å². The smallest absolute Gasteiger partial charge is 0.315 e. The summed E-state index contributed by atoms with van der Waals surface area (Å²) >= 11 is 0. The van der Waals surface area contributed by atoms with Crippen LogP contribution >= 0.6 is 0 Å². The number of rotatable bonds is 4. The molecule has 25 heavy (non-hydrogen) atoms. The van der Waals surface area contributed by atoms with Gasteiger partial charge >= 0.3 is 6.03 Å². The summed E-state index contributed by atoms with van der Waals surface area (Å²) in [7, 11) is -3.14. The standard InChI is InChI=1S/C17H25N3O4S/c1-25(22,23)20-8-6-15(7-9-20)19-17(21)18-11-13-10-14-4-2-3-5-16(14)24-12-13/h2-5,13,15H,6-12H2,1H3,(H2,18,19,21). The molecule has 1 aromatic carbocycles. The summed E-state index contributed by atoms with van der Waals surface area (Å²) in [4.78, 5) is 12.1. The molecule has 2 aliphatic rings. The number of benzene rings is 1. The molecule has 1 saturated heterocycles. The highest BCUT2D eigenvalue weighted by atomic mass is 32.2. The van der Waals surface area contributed by atoms with Crippen LogP contribution in [0.3, 0.4) is 0 Å². The molecule has 138 valence electrons. The Balaban J connectivity index is 1.39. The quantitative estimate of drug-likeness (QED) is 0.830. The second kappa shape index (κ2) is 7.61. The number of ether oxygens (including phenoxy) is 1. The van der Waals surface area contributed by atoms with Gasteiger partial charge in [-0.3, -0.25) is 0 Å². The van der Waals surface area contributed by atoms with Gasteiger partial charge in [0.2, 0.25) is 10.0 Å². The van der Waals surface area contributed by atoms with Crippen molar-refractivity contribution in [2.45, 2.75) is 25.3 Å². The molecule has 0 saturated carbocycles. The Bertz CT molecular complexity index is 714. The molecule has 0 radical (unpaired) electrons. The molecule has 8 heteroatoms. The molecule has 1 aromatic rings. The van der Waals surface area contributed by atoms with E-state index < -0.39 is 10.0 Å². The van der Waals surface area contributed by atoms with Crippen LogP contribution in [-0.4, -0.2) is 57.3 Å². The minimum Gasteiger partial charge on any atom is -0.493 e. The first kappa shape index (κ1) is 18.0. The number of carbonyl (C=O) groups is 1. The highest BCUT2D eigenvalue weighted by Crippen LogP contribution is 2.26. The zero-order valence-corrected chi connectivity index (χ0v) is 15.2. The van der Waals surface area contributed by atoms with Crippen LogP contribution in [0.15, 0.2) is 24.3 Å². The van der Waals surface area contributed by atoms with Gasteiger partial charge in [-0.25, -0.2) is 17.5 Å². The Hall–Kier alpha value is -1.80.